The zero-order chi connectivity index (χ0) is 16.4. The molecule has 1 N–H and O–H groups in total. The summed E-state index contributed by atoms with van der Waals surface area (Å²) in [5.41, 5.74) is 4.15. The van der Waals surface area contributed by atoms with Crippen LogP contribution >= 0.6 is 0 Å². The van der Waals surface area contributed by atoms with E-state index in [2.05, 4.69) is 30.4 Å². The third-order valence-electron chi connectivity index (χ3n) is 3.92. The lowest BCUT2D eigenvalue weighted by Gasteiger charge is -2.11. The molecule has 0 saturated carbocycles. The van der Waals surface area contributed by atoms with Crippen LogP contribution in [0.15, 0.2) is 78.9 Å². The maximum absolute atomic E-state index is 4.79. The second-order valence-corrected chi connectivity index (χ2v) is 5.77. The smallest absolute Gasteiger partial charge is 0.162 e. The van der Waals surface area contributed by atoms with Crippen LogP contribution in [0.2, 0.25) is 0 Å². The summed E-state index contributed by atoms with van der Waals surface area (Å²) < 4.78 is 0. The van der Waals surface area contributed by atoms with Gasteiger partial charge in [-0.05, 0) is 31.2 Å². The largest absolute Gasteiger partial charge is 0.340 e. The number of para-hydroxylation sites is 1. The Morgan fingerprint density at radius 2 is 1.46 bits per heavy atom. The third-order valence-corrected chi connectivity index (χ3v) is 3.92. The first-order chi connectivity index (χ1) is 11.8. The summed E-state index contributed by atoms with van der Waals surface area (Å²) in [5, 5.41) is 4.46. The molecule has 0 saturated heterocycles. The van der Waals surface area contributed by atoms with Crippen molar-refractivity contribution in [1.29, 1.82) is 0 Å². The van der Waals surface area contributed by atoms with Gasteiger partial charge in [-0.25, -0.2) is 9.97 Å². The minimum atomic E-state index is 0.727. The summed E-state index contributed by atoms with van der Waals surface area (Å²) in [7, 11) is 0. The predicted octanol–water partition coefficient (Wildman–Crippen LogP) is 5.35. The van der Waals surface area contributed by atoms with Gasteiger partial charge in [0, 0.05) is 16.6 Å². The zero-order valence-electron chi connectivity index (χ0n) is 13.4. The van der Waals surface area contributed by atoms with Crippen LogP contribution in [-0.4, -0.2) is 9.97 Å². The maximum atomic E-state index is 4.79. The number of rotatable bonds is 3. The number of aromatic nitrogens is 2. The summed E-state index contributed by atoms with van der Waals surface area (Å²) in [4.78, 5) is 9.52. The van der Waals surface area contributed by atoms with Gasteiger partial charge in [-0.1, -0.05) is 60.2 Å². The van der Waals surface area contributed by atoms with E-state index in [9.17, 15) is 0 Å². The Morgan fingerprint density at radius 1 is 0.750 bits per heavy atom. The van der Waals surface area contributed by atoms with Crippen molar-refractivity contribution in [1.82, 2.24) is 9.97 Å². The van der Waals surface area contributed by atoms with Crippen molar-refractivity contribution in [2.75, 3.05) is 5.32 Å². The van der Waals surface area contributed by atoms with E-state index in [1.165, 1.54) is 5.56 Å². The van der Waals surface area contributed by atoms with E-state index in [-0.39, 0.29) is 0 Å². The molecule has 0 aliphatic heterocycles. The highest BCUT2D eigenvalue weighted by Gasteiger charge is 2.10. The number of hydrogen-bond acceptors (Lipinski definition) is 3. The van der Waals surface area contributed by atoms with Gasteiger partial charge in [0.25, 0.3) is 0 Å². The monoisotopic (exact) mass is 311 g/mol. The standard InChI is InChI=1S/C21H17N3/c1-15-12-13-19-18(14-15)21(22-17-10-6-3-7-11-17)24-20(23-19)16-8-4-2-5-9-16/h2-14H,1H3,(H,22,23,24). The van der Waals surface area contributed by atoms with E-state index in [1.807, 2.05) is 60.7 Å². The first-order valence-corrected chi connectivity index (χ1v) is 7.95. The molecule has 3 heteroatoms. The van der Waals surface area contributed by atoms with Gasteiger partial charge in [0.15, 0.2) is 5.82 Å². The molecule has 3 aromatic carbocycles. The van der Waals surface area contributed by atoms with E-state index < -0.39 is 0 Å². The van der Waals surface area contributed by atoms with Gasteiger partial charge in [0.05, 0.1) is 5.52 Å². The Bertz CT molecular complexity index is 980. The van der Waals surface area contributed by atoms with Gasteiger partial charge in [0.1, 0.15) is 5.82 Å². The predicted molar refractivity (Wildman–Crippen MR) is 99.4 cm³/mol. The van der Waals surface area contributed by atoms with Crippen LogP contribution in [0.1, 0.15) is 5.56 Å². The molecule has 0 aliphatic carbocycles. The molecule has 0 spiro atoms. The summed E-state index contributed by atoms with van der Waals surface area (Å²) in [6.07, 6.45) is 0. The number of nitrogens with zero attached hydrogens (tertiary/aromatic N) is 2. The number of hydrogen-bond donors (Lipinski definition) is 1. The Morgan fingerprint density at radius 3 is 2.21 bits per heavy atom. The zero-order valence-corrected chi connectivity index (χ0v) is 13.4. The first kappa shape index (κ1) is 14.4. The summed E-state index contributed by atoms with van der Waals surface area (Å²) in [6.45, 7) is 2.08. The normalized spacial score (nSPS) is 10.7. The van der Waals surface area contributed by atoms with Gasteiger partial charge in [-0.2, -0.15) is 0 Å². The molecule has 4 aromatic rings. The Hall–Kier alpha value is -3.20. The lowest BCUT2D eigenvalue weighted by molar-refractivity contribution is 1.22. The van der Waals surface area contributed by atoms with Crippen molar-refractivity contribution in [3.63, 3.8) is 0 Å². The van der Waals surface area contributed by atoms with Crippen LogP contribution in [0.3, 0.4) is 0 Å². The quantitative estimate of drug-likeness (QED) is 0.554. The van der Waals surface area contributed by atoms with Crippen molar-refractivity contribution in [3.05, 3.63) is 84.4 Å². The van der Waals surface area contributed by atoms with E-state index in [0.29, 0.717) is 0 Å². The molecule has 0 unspecified atom stereocenters. The maximum Gasteiger partial charge on any atom is 0.162 e. The Labute approximate surface area is 141 Å². The topological polar surface area (TPSA) is 37.8 Å². The second kappa shape index (κ2) is 6.13. The fourth-order valence-electron chi connectivity index (χ4n) is 2.71. The second-order valence-electron chi connectivity index (χ2n) is 5.77. The van der Waals surface area contributed by atoms with Gasteiger partial charge in [-0.15, -0.1) is 0 Å². The summed E-state index contributed by atoms with van der Waals surface area (Å²) in [5.74, 6) is 1.55. The van der Waals surface area contributed by atoms with Crippen molar-refractivity contribution in [2.45, 2.75) is 6.92 Å². The average Bonchev–Trinajstić information content (AvgIpc) is 2.63. The SMILES string of the molecule is Cc1ccc2nc(-c3ccccc3)nc(Nc3ccccc3)c2c1. The first-order valence-electron chi connectivity index (χ1n) is 7.95. The minimum absolute atomic E-state index is 0.727. The molecule has 1 aromatic heterocycles. The molecule has 3 nitrogen and oxygen atoms in total. The summed E-state index contributed by atoms with van der Waals surface area (Å²) >= 11 is 0. The molecule has 0 aliphatic rings. The van der Waals surface area contributed by atoms with Crippen LogP contribution in [0, 0.1) is 6.92 Å². The van der Waals surface area contributed by atoms with Crippen LogP contribution < -0.4 is 5.32 Å². The highest BCUT2D eigenvalue weighted by molar-refractivity contribution is 5.92. The summed E-state index contributed by atoms with van der Waals surface area (Å²) in [6, 6.07) is 26.4. The molecule has 0 radical (unpaired) electrons. The fraction of sp³-hybridized carbons (Fsp3) is 0.0476. The van der Waals surface area contributed by atoms with E-state index >= 15 is 0 Å². The third kappa shape index (κ3) is 2.84. The Kier molecular flexibility index (Phi) is 3.67. The molecular weight excluding hydrogens is 294 g/mol. The van der Waals surface area contributed by atoms with Gasteiger partial charge in [0.2, 0.25) is 0 Å². The molecule has 0 bridgehead atoms. The molecule has 0 amide bonds. The molecule has 0 fully saturated rings. The van der Waals surface area contributed by atoms with Crippen molar-refractivity contribution >= 4 is 22.4 Å². The van der Waals surface area contributed by atoms with Gasteiger partial charge < -0.3 is 5.32 Å². The van der Waals surface area contributed by atoms with Crippen LogP contribution in [0.25, 0.3) is 22.3 Å². The molecule has 4 rings (SSSR count). The van der Waals surface area contributed by atoms with E-state index in [1.54, 1.807) is 0 Å². The van der Waals surface area contributed by atoms with Crippen molar-refractivity contribution < 1.29 is 0 Å². The lowest BCUT2D eigenvalue weighted by atomic mass is 10.1. The number of nitrogens with one attached hydrogen (secondary N) is 1. The lowest BCUT2D eigenvalue weighted by Crippen LogP contribution is -1.99. The molecule has 1 heterocycles. The number of benzene rings is 3. The molecule has 116 valence electrons. The molecule has 24 heavy (non-hydrogen) atoms. The van der Waals surface area contributed by atoms with Crippen molar-refractivity contribution in [3.8, 4) is 11.4 Å². The number of aryl methyl sites for hydroxylation is 1. The highest BCUT2D eigenvalue weighted by atomic mass is 15.0. The van der Waals surface area contributed by atoms with Crippen molar-refractivity contribution in [2.24, 2.45) is 0 Å². The average molecular weight is 311 g/mol. The van der Waals surface area contributed by atoms with Crippen LogP contribution in [0.4, 0.5) is 11.5 Å². The van der Waals surface area contributed by atoms with Gasteiger partial charge in [-0.3, -0.25) is 0 Å². The minimum Gasteiger partial charge on any atom is -0.340 e. The van der Waals surface area contributed by atoms with E-state index in [4.69, 9.17) is 9.97 Å². The number of fused-ring (bicyclic) bond motifs is 1. The van der Waals surface area contributed by atoms with Crippen LogP contribution in [0.5, 0.6) is 0 Å². The van der Waals surface area contributed by atoms with Gasteiger partial charge >= 0.3 is 0 Å². The van der Waals surface area contributed by atoms with Crippen LogP contribution in [-0.2, 0) is 0 Å². The molecular formula is C21H17N3. The molecule has 0 atom stereocenters. The fourth-order valence-corrected chi connectivity index (χ4v) is 2.71. The Balaban J connectivity index is 1.90. The number of anilines is 2. The van der Waals surface area contributed by atoms with E-state index in [0.717, 1.165) is 33.8 Å². The highest BCUT2D eigenvalue weighted by Crippen LogP contribution is 2.28.